The molecule has 140 valence electrons. The molecule has 0 saturated carbocycles. The monoisotopic (exact) mass is 364 g/mol. The van der Waals surface area contributed by atoms with Crippen LogP contribution in [0.4, 0.5) is 0 Å². The van der Waals surface area contributed by atoms with Crippen molar-refractivity contribution < 1.29 is 14.6 Å². The Balaban J connectivity index is 1.63. The molecular formula is C22H24N2O3. The van der Waals surface area contributed by atoms with Gasteiger partial charge in [0.2, 0.25) is 0 Å². The summed E-state index contributed by atoms with van der Waals surface area (Å²) in [5, 5.41) is 10.9. The third kappa shape index (κ3) is 3.25. The molecule has 0 bridgehead atoms. The Kier molecular flexibility index (Phi) is 4.52. The van der Waals surface area contributed by atoms with Crippen LogP contribution in [0.2, 0.25) is 0 Å². The Morgan fingerprint density at radius 2 is 2.15 bits per heavy atom. The number of carbonyl (C=O) groups excluding carboxylic acids is 1. The molecule has 2 N–H and O–H groups in total. The Hall–Kier alpha value is -2.95. The molecule has 1 unspecified atom stereocenters. The smallest absolute Gasteiger partial charge is 0.254 e. The number of methoxy groups -OCH3 is 1. The number of phenolic OH excluding ortho intramolecular Hbond substituents is 1. The molecule has 27 heavy (non-hydrogen) atoms. The van der Waals surface area contributed by atoms with Gasteiger partial charge in [-0.3, -0.25) is 4.79 Å². The largest absolute Gasteiger partial charge is 0.508 e. The van der Waals surface area contributed by atoms with Crippen molar-refractivity contribution >= 4 is 16.8 Å². The van der Waals surface area contributed by atoms with Gasteiger partial charge in [-0.25, -0.2) is 0 Å². The predicted molar refractivity (Wildman–Crippen MR) is 105 cm³/mol. The number of nitrogens with zero attached hydrogens (tertiary/aromatic N) is 1. The zero-order valence-corrected chi connectivity index (χ0v) is 15.7. The SMILES string of the molecule is COc1ccc2[nH]c(C)c(CC3CCCN3C(=O)c3cccc(O)c3)c2c1. The maximum Gasteiger partial charge on any atom is 0.254 e. The van der Waals surface area contributed by atoms with Crippen LogP contribution < -0.4 is 4.74 Å². The number of hydrogen-bond donors (Lipinski definition) is 2. The molecule has 5 nitrogen and oxygen atoms in total. The second-order valence-electron chi connectivity index (χ2n) is 7.19. The number of rotatable bonds is 4. The molecular weight excluding hydrogens is 340 g/mol. The number of fused-ring (bicyclic) bond motifs is 1. The van der Waals surface area contributed by atoms with E-state index in [0.717, 1.165) is 48.2 Å². The van der Waals surface area contributed by atoms with Gasteiger partial charge in [0, 0.05) is 34.7 Å². The van der Waals surface area contributed by atoms with E-state index in [1.165, 1.54) is 5.56 Å². The van der Waals surface area contributed by atoms with Crippen molar-refractivity contribution in [2.24, 2.45) is 0 Å². The molecule has 0 aliphatic carbocycles. The zero-order valence-electron chi connectivity index (χ0n) is 15.7. The fourth-order valence-corrected chi connectivity index (χ4v) is 4.11. The van der Waals surface area contributed by atoms with Gasteiger partial charge in [-0.15, -0.1) is 0 Å². The molecule has 1 aliphatic heterocycles. The highest BCUT2D eigenvalue weighted by molar-refractivity contribution is 5.95. The van der Waals surface area contributed by atoms with Crippen LogP contribution >= 0.6 is 0 Å². The van der Waals surface area contributed by atoms with Crippen molar-refractivity contribution in [3.8, 4) is 11.5 Å². The number of phenols is 1. The first kappa shape index (κ1) is 17.5. The van der Waals surface area contributed by atoms with Crippen molar-refractivity contribution in [2.75, 3.05) is 13.7 Å². The first-order valence-electron chi connectivity index (χ1n) is 9.32. The lowest BCUT2D eigenvalue weighted by atomic mass is 10.0. The third-order valence-corrected chi connectivity index (χ3v) is 5.50. The molecule has 5 heteroatoms. The highest BCUT2D eigenvalue weighted by atomic mass is 16.5. The quantitative estimate of drug-likeness (QED) is 0.734. The van der Waals surface area contributed by atoms with Crippen molar-refractivity contribution in [1.82, 2.24) is 9.88 Å². The van der Waals surface area contributed by atoms with Gasteiger partial charge in [-0.1, -0.05) is 6.07 Å². The number of aryl methyl sites for hydroxylation is 1. The van der Waals surface area contributed by atoms with Crippen LogP contribution in [0.15, 0.2) is 42.5 Å². The molecule has 2 heterocycles. The maximum atomic E-state index is 13.0. The highest BCUT2D eigenvalue weighted by Crippen LogP contribution is 2.31. The number of benzene rings is 2. The van der Waals surface area contributed by atoms with Crippen LogP contribution in [0.5, 0.6) is 11.5 Å². The molecule has 0 spiro atoms. The summed E-state index contributed by atoms with van der Waals surface area (Å²) >= 11 is 0. The molecule has 4 rings (SSSR count). The number of ether oxygens (including phenoxy) is 1. The van der Waals surface area contributed by atoms with E-state index in [1.54, 1.807) is 31.4 Å². The van der Waals surface area contributed by atoms with Crippen LogP contribution in [-0.4, -0.2) is 40.6 Å². The number of hydrogen-bond acceptors (Lipinski definition) is 3. The molecule has 1 aliphatic rings. The second-order valence-corrected chi connectivity index (χ2v) is 7.19. The normalized spacial score (nSPS) is 16.8. The van der Waals surface area contributed by atoms with Gasteiger partial charge in [-0.2, -0.15) is 0 Å². The Morgan fingerprint density at radius 1 is 1.30 bits per heavy atom. The molecule has 1 amide bonds. The van der Waals surface area contributed by atoms with Gasteiger partial charge in [0.25, 0.3) is 5.91 Å². The number of aromatic nitrogens is 1. The second kappa shape index (κ2) is 6.99. The van der Waals surface area contributed by atoms with Gasteiger partial charge in [-0.05, 0) is 68.1 Å². The zero-order chi connectivity index (χ0) is 19.0. The summed E-state index contributed by atoms with van der Waals surface area (Å²) in [5.41, 5.74) is 4.01. The van der Waals surface area contributed by atoms with E-state index in [9.17, 15) is 9.90 Å². The van der Waals surface area contributed by atoms with Gasteiger partial charge in [0.15, 0.2) is 0 Å². The lowest BCUT2D eigenvalue weighted by Crippen LogP contribution is -2.36. The molecule has 3 aromatic rings. The van der Waals surface area contributed by atoms with Crippen LogP contribution in [-0.2, 0) is 6.42 Å². The fraction of sp³-hybridized carbons (Fsp3) is 0.318. The standard InChI is InChI=1S/C22H24N2O3/c1-14-19(20-13-18(27-2)8-9-21(20)23-14)12-16-6-4-10-24(16)22(26)15-5-3-7-17(25)11-15/h3,5,7-9,11,13,16,23,25H,4,6,10,12H2,1-2H3. The molecule has 2 aromatic carbocycles. The van der Waals surface area contributed by atoms with Crippen LogP contribution in [0, 0.1) is 6.92 Å². The minimum Gasteiger partial charge on any atom is -0.508 e. The lowest BCUT2D eigenvalue weighted by Gasteiger charge is -2.25. The number of nitrogens with one attached hydrogen (secondary N) is 1. The van der Waals surface area contributed by atoms with Crippen LogP contribution in [0.1, 0.15) is 34.5 Å². The number of H-pyrrole nitrogens is 1. The highest BCUT2D eigenvalue weighted by Gasteiger charge is 2.30. The number of carbonyl (C=O) groups is 1. The summed E-state index contributed by atoms with van der Waals surface area (Å²) in [4.78, 5) is 18.4. The lowest BCUT2D eigenvalue weighted by molar-refractivity contribution is 0.0736. The van der Waals surface area contributed by atoms with Crippen molar-refractivity contribution in [3.05, 3.63) is 59.3 Å². The number of likely N-dealkylation sites (tertiary alicyclic amines) is 1. The topological polar surface area (TPSA) is 65.6 Å². The molecule has 1 atom stereocenters. The van der Waals surface area contributed by atoms with E-state index in [2.05, 4.69) is 18.0 Å². The predicted octanol–water partition coefficient (Wildman–Crippen LogP) is 4.04. The number of aromatic amines is 1. The summed E-state index contributed by atoms with van der Waals surface area (Å²) in [5.74, 6) is 0.946. The third-order valence-electron chi connectivity index (χ3n) is 5.50. The van der Waals surface area contributed by atoms with Gasteiger partial charge >= 0.3 is 0 Å². The first-order valence-corrected chi connectivity index (χ1v) is 9.32. The Labute approximate surface area is 158 Å². The summed E-state index contributed by atoms with van der Waals surface area (Å²) < 4.78 is 5.38. The summed E-state index contributed by atoms with van der Waals surface area (Å²) in [7, 11) is 1.67. The van der Waals surface area contributed by atoms with Crippen molar-refractivity contribution in [2.45, 2.75) is 32.2 Å². The molecule has 1 fully saturated rings. The van der Waals surface area contributed by atoms with Gasteiger partial charge in [0.05, 0.1) is 7.11 Å². The average Bonchev–Trinajstić information content (AvgIpc) is 3.25. The van der Waals surface area contributed by atoms with Gasteiger partial charge in [0.1, 0.15) is 11.5 Å². The minimum atomic E-state index is -0.0107. The number of amides is 1. The fourth-order valence-electron chi connectivity index (χ4n) is 4.11. The Bertz CT molecular complexity index is 992. The average molecular weight is 364 g/mol. The molecule has 1 aromatic heterocycles. The van der Waals surface area contributed by atoms with Crippen LogP contribution in [0.3, 0.4) is 0 Å². The van der Waals surface area contributed by atoms with E-state index in [4.69, 9.17) is 4.74 Å². The first-order chi connectivity index (χ1) is 13.1. The van der Waals surface area contributed by atoms with Crippen LogP contribution in [0.25, 0.3) is 10.9 Å². The van der Waals surface area contributed by atoms with E-state index in [0.29, 0.717) is 5.56 Å². The van der Waals surface area contributed by atoms with E-state index in [1.807, 2.05) is 17.0 Å². The maximum absolute atomic E-state index is 13.0. The summed E-state index contributed by atoms with van der Waals surface area (Å²) in [6.07, 6.45) is 2.80. The van der Waals surface area contributed by atoms with Crippen molar-refractivity contribution in [3.63, 3.8) is 0 Å². The van der Waals surface area contributed by atoms with Crippen molar-refractivity contribution in [1.29, 1.82) is 0 Å². The summed E-state index contributed by atoms with van der Waals surface area (Å²) in [6, 6.07) is 12.8. The molecule has 1 saturated heterocycles. The van der Waals surface area contributed by atoms with E-state index >= 15 is 0 Å². The molecule has 0 radical (unpaired) electrons. The van der Waals surface area contributed by atoms with Gasteiger partial charge < -0.3 is 19.7 Å². The number of aromatic hydroxyl groups is 1. The Morgan fingerprint density at radius 3 is 2.93 bits per heavy atom. The minimum absolute atomic E-state index is 0.0107. The van der Waals surface area contributed by atoms with E-state index in [-0.39, 0.29) is 17.7 Å². The summed E-state index contributed by atoms with van der Waals surface area (Å²) in [6.45, 7) is 2.84. The van der Waals surface area contributed by atoms with E-state index < -0.39 is 0 Å².